The number of likely N-dealkylation sites (tertiary alicyclic amines) is 1. The van der Waals surface area contributed by atoms with Crippen LogP contribution in [0.5, 0.6) is 0 Å². The number of carboxylic acid groups (broad SMARTS) is 1. The molecule has 2 atom stereocenters. The van der Waals surface area contributed by atoms with E-state index in [1.807, 2.05) is 49.3 Å². The van der Waals surface area contributed by atoms with Gasteiger partial charge in [-0.3, -0.25) is 4.79 Å². The number of sulfonamides is 1. The van der Waals surface area contributed by atoms with Crippen LogP contribution < -0.4 is 0 Å². The van der Waals surface area contributed by atoms with Crippen molar-refractivity contribution in [2.75, 3.05) is 46.8 Å². The van der Waals surface area contributed by atoms with Crippen LogP contribution in [0.15, 0.2) is 30.3 Å². The molecule has 0 saturated carbocycles. The largest absolute Gasteiger partial charge is 0.490 e. The topological polar surface area (TPSA) is 98.2 Å². The molecule has 1 amide bonds. The van der Waals surface area contributed by atoms with Crippen LogP contribution in [-0.2, 0) is 25.4 Å². The van der Waals surface area contributed by atoms with Crippen LogP contribution in [0, 0.1) is 11.8 Å². The number of fused-ring (bicyclic) bond motifs is 1. The molecule has 12 heteroatoms. The van der Waals surface area contributed by atoms with E-state index in [1.165, 1.54) is 4.31 Å². The number of likely N-dealkylation sites (N-methyl/N-ethyl adjacent to an activating group) is 1. The first-order valence-corrected chi connectivity index (χ1v) is 11.2. The van der Waals surface area contributed by atoms with Gasteiger partial charge in [-0.25, -0.2) is 17.5 Å². The van der Waals surface area contributed by atoms with Crippen molar-refractivity contribution in [3.05, 3.63) is 35.9 Å². The Balaban J connectivity index is 0.000000423. The van der Waals surface area contributed by atoms with Crippen molar-refractivity contribution < 1.29 is 36.3 Å². The molecule has 3 rings (SSSR count). The molecule has 1 aromatic carbocycles. The smallest absolute Gasteiger partial charge is 0.475 e. The van der Waals surface area contributed by atoms with Crippen molar-refractivity contribution in [1.82, 2.24) is 14.1 Å². The van der Waals surface area contributed by atoms with Gasteiger partial charge < -0.3 is 14.9 Å². The summed E-state index contributed by atoms with van der Waals surface area (Å²) in [6.07, 6.45) is -5.08. The number of rotatable bonds is 6. The van der Waals surface area contributed by atoms with E-state index in [-0.39, 0.29) is 23.5 Å². The zero-order chi connectivity index (χ0) is 23.4. The van der Waals surface area contributed by atoms with E-state index in [0.717, 1.165) is 18.7 Å². The molecule has 0 bridgehead atoms. The third-order valence-electron chi connectivity index (χ3n) is 5.14. The quantitative estimate of drug-likeness (QED) is 0.676. The Morgan fingerprint density at radius 1 is 1.16 bits per heavy atom. The van der Waals surface area contributed by atoms with Gasteiger partial charge in [0.2, 0.25) is 15.9 Å². The molecule has 0 aliphatic carbocycles. The molecule has 8 nitrogen and oxygen atoms in total. The van der Waals surface area contributed by atoms with Gasteiger partial charge in [0.1, 0.15) is 0 Å². The predicted octanol–water partition coefficient (Wildman–Crippen LogP) is 1.10. The lowest BCUT2D eigenvalue weighted by atomic mass is 10.0. The number of amides is 1. The van der Waals surface area contributed by atoms with Crippen LogP contribution in [0.1, 0.15) is 5.56 Å². The summed E-state index contributed by atoms with van der Waals surface area (Å²) in [6.45, 7) is 3.02. The predicted molar refractivity (Wildman–Crippen MR) is 106 cm³/mol. The maximum atomic E-state index is 12.6. The van der Waals surface area contributed by atoms with Crippen LogP contribution in [0.4, 0.5) is 13.2 Å². The molecule has 0 spiro atoms. The summed E-state index contributed by atoms with van der Waals surface area (Å²) in [5, 5.41) is 7.12. The summed E-state index contributed by atoms with van der Waals surface area (Å²) in [7, 11) is 0.603. The Morgan fingerprint density at radius 2 is 1.74 bits per heavy atom. The number of carbonyl (C=O) groups is 2. The normalized spacial score (nSPS) is 21.7. The average Bonchev–Trinajstić information content (AvgIpc) is 3.20. The number of nitrogens with zero attached hydrogens (tertiary/aromatic N) is 3. The highest BCUT2D eigenvalue weighted by atomic mass is 32.2. The van der Waals surface area contributed by atoms with Crippen molar-refractivity contribution in [2.45, 2.75) is 11.9 Å². The summed E-state index contributed by atoms with van der Waals surface area (Å²) in [5.74, 6) is -2.68. The van der Waals surface area contributed by atoms with E-state index in [2.05, 4.69) is 4.90 Å². The monoisotopic (exact) mass is 465 g/mol. The Labute approximate surface area is 179 Å². The summed E-state index contributed by atoms with van der Waals surface area (Å²) in [5.41, 5.74) is 0.786. The van der Waals surface area contributed by atoms with Gasteiger partial charge in [-0.1, -0.05) is 30.3 Å². The molecule has 0 aromatic heterocycles. The summed E-state index contributed by atoms with van der Waals surface area (Å²) in [6, 6.07) is 9.20. The van der Waals surface area contributed by atoms with E-state index in [4.69, 9.17) is 9.90 Å². The molecule has 0 radical (unpaired) electrons. The van der Waals surface area contributed by atoms with Gasteiger partial charge in [-0.05, 0) is 19.7 Å². The van der Waals surface area contributed by atoms with E-state index in [0.29, 0.717) is 19.6 Å². The van der Waals surface area contributed by atoms with E-state index in [1.54, 1.807) is 0 Å². The number of benzene rings is 1. The molecule has 2 saturated heterocycles. The summed E-state index contributed by atoms with van der Waals surface area (Å²) < 4.78 is 58.5. The van der Waals surface area contributed by atoms with Gasteiger partial charge >= 0.3 is 12.1 Å². The Bertz CT molecular complexity index is 878. The maximum Gasteiger partial charge on any atom is 0.490 e. The van der Waals surface area contributed by atoms with Crippen molar-refractivity contribution in [3.8, 4) is 0 Å². The molecule has 2 heterocycles. The summed E-state index contributed by atoms with van der Waals surface area (Å²) in [4.78, 5) is 25.4. The zero-order valence-corrected chi connectivity index (χ0v) is 18.1. The van der Waals surface area contributed by atoms with Gasteiger partial charge in [0.15, 0.2) is 0 Å². The van der Waals surface area contributed by atoms with E-state index in [9.17, 15) is 26.4 Å². The van der Waals surface area contributed by atoms with Gasteiger partial charge in [-0.15, -0.1) is 0 Å². The lowest BCUT2D eigenvalue weighted by Gasteiger charge is -2.23. The van der Waals surface area contributed by atoms with Gasteiger partial charge in [0.05, 0.1) is 11.7 Å². The first kappa shape index (κ1) is 25.1. The summed E-state index contributed by atoms with van der Waals surface area (Å²) >= 11 is 0. The molecular weight excluding hydrogens is 439 g/mol. The highest BCUT2D eigenvalue weighted by Crippen LogP contribution is 2.34. The first-order chi connectivity index (χ1) is 14.3. The van der Waals surface area contributed by atoms with Crippen LogP contribution in [0.2, 0.25) is 0 Å². The van der Waals surface area contributed by atoms with Crippen LogP contribution >= 0.6 is 0 Å². The number of hydrogen-bond acceptors (Lipinski definition) is 5. The van der Waals surface area contributed by atoms with Gasteiger partial charge in [0, 0.05) is 38.6 Å². The Kier molecular flexibility index (Phi) is 8.06. The number of halogens is 3. The fourth-order valence-corrected chi connectivity index (χ4v) is 5.13. The minimum absolute atomic E-state index is 0.00577. The van der Waals surface area contributed by atoms with Crippen LogP contribution in [0.25, 0.3) is 0 Å². The van der Waals surface area contributed by atoms with Crippen LogP contribution in [0.3, 0.4) is 0 Å². The van der Waals surface area contributed by atoms with Gasteiger partial charge in [-0.2, -0.15) is 13.2 Å². The maximum absolute atomic E-state index is 12.6. The van der Waals surface area contributed by atoms with E-state index < -0.39 is 22.2 Å². The lowest BCUT2D eigenvalue weighted by Crippen LogP contribution is -2.38. The SMILES string of the molecule is CN(C)CCN1C[C@@H]2CN(S(=O)(=O)Cc3ccccc3)C[C@@H]2C1=O.O=C(O)C(F)(F)F. The molecule has 1 N–H and O–H groups in total. The average molecular weight is 465 g/mol. The number of alkyl halides is 3. The van der Waals surface area contributed by atoms with Crippen molar-refractivity contribution in [2.24, 2.45) is 11.8 Å². The minimum Gasteiger partial charge on any atom is -0.475 e. The molecule has 0 unspecified atom stereocenters. The zero-order valence-electron chi connectivity index (χ0n) is 17.2. The number of hydrogen-bond donors (Lipinski definition) is 1. The second-order valence-electron chi connectivity index (χ2n) is 7.82. The minimum atomic E-state index is -5.08. The molecule has 174 valence electrons. The molecule has 2 aliphatic heterocycles. The molecule has 2 fully saturated rings. The fourth-order valence-electron chi connectivity index (χ4n) is 3.53. The van der Waals surface area contributed by atoms with Crippen molar-refractivity contribution >= 4 is 21.9 Å². The lowest BCUT2D eigenvalue weighted by molar-refractivity contribution is -0.192. The number of carboxylic acids is 1. The highest BCUT2D eigenvalue weighted by Gasteiger charge is 2.48. The second-order valence-corrected chi connectivity index (χ2v) is 9.78. The van der Waals surface area contributed by atoms with Gasteiger partial charge in [0.25, 0.3) is 0 Å². The third kappa shape index (κ3) is 6.91. The second kappa shape index (κ2) is 9.96. The number of carbonyl (C=O) groups excluding carboxylic acids is 1. The Morgan fingerprint density at radius 3 is 2.23 bits per heavy atom. The molecular formula is C19H26F3N3O5S. The Hall–Kier alpha value is -2.18. The number of aliphatic carboxylic acids is 1. The highest BCUT2D eigenvalue weighted by molar-refractivity contribution is 7.88. The molecule has 2 aliphatic rings. The standard InChI is InChI=1S/C17H25N3O3S.C2HF3O2/c1-18(2)8-9-19-10-15-11-20(12-16(15)17(19)21)24(22,23)13-14-6-4-3-5-7-14;3-2(4,5)1(6)7/h3-7,15-16H,8-13H2,1-2H3;(H,6,7)/t15-,16+;/m1./s1. The van der Waals surface area contributed by atoms with Crippen molar-refractivity contribution in [3.63, 3.8) is 0 Å². The van der Waals surface area contributed by atoms with Crippen molar-refractivity contribution in [1.29, 1.82) is 0 Å². The van der Waals surface area contributed by atoms with Crippen LogP contribution in [-0.4, -0.2) is 92.5 Å². The molecule has 1 aromatic rings. The third-order valence-corrected chi connectivity index (χ3v) is 6.92. The first-order valence-electron chi connectivity index (χ1n) is 9.56. The molecule has 31 heavy (non-hydrogen) atoms. The fraction of sp³-hybridized carbons (Fsp3) is 0.579. The van der Waals surface area contributed by atoms with E-state index >= 15 is 0 Å².